The van der Waals surface area contributed by atoms with Crippen molar-refractivity contribution < 1.29 is 31.4 Å². The molecule has 0 radical (unpaired) electrons. The molecule has 0 saturated heterocycles. The number of carbonyl (C=O) groups is 1. The Morgan fingerprint density at radius 1 is 1.00 bits per heavy atom. The van der Waals surface area contributed by atoms with Gasteiger partial charge in [0.05, 0.1) is 0 Å². The predicted octanol–water partition coefficient (Wildman–Crippen LogP) is -2.90. The normalized spacial score (nSPS) is 3.00. The van der Waals surface area contributed by atoms with Crippen molar-refractivity contribution in [2.75, 3.05) is 0 Å². The number of rotatable bonds is 0. The van der Waals surface area contributed by atoms with Crippen LogP contribution >= 0.6 is 0 Å². The molecule has 0 fully saturated rings. The van der Waals surface area contributed by atoms with E-state index in [-0.39, 0.29) is 46.0 Å². The summed E-state index contributed by atoms with van der Waals surface area (Å²) in [4.78, 5) is 8.56. The van der Waals surface area contributed by atoms with E-state index >= 15 is 0 Å². The van der Waals surface area contributed by atoms with Crippen molar-refractivity contribution in [3.8, 4) is 0 Å². The molecule has 0 bridgehead atoms. The molecule has 8 heavy (non-hydrogen) atoms. The van der Waals surface area contributed by atoms with Crippen LogP contribution in [0.5, 0.6) is 0 Å². The molecular formula is CH9NaO6. The second-order valence-electron chi connectivity index (χ2n) is 0.283. The molecule has 0 rings (SSSR count). The van der Waals surface area contributed by atoms with Crippen molar-refractivity contribution in [1.82, 2.24) is 0 Å². The first kappa shape index (κ1) is 42.0. The van der Waals surface area contributed by atoms with Crippen molar-refractivity contribution in [2.24, 2.45) is 0 Å². The van der Waals surface area contributed by atoms with Crippen molar-refractivity contribution in [3.63, 3.8) is 0 Å². The van der Waals surface area contributed by atoms with Gasteiger partial charge in [-0.1, -0.05) is 0 Å². The average Bonchev–Trinajstić information content (AvgIpc) is 0.811. The van der Waals surface area contributed by atoms with Crippen LogP contribution in [-0.2, 0) is 0 Å². The molecule has 50 valence electrons. The zero-order chi connectivity index (χ0) is 3.58. The van der Waals surface area contributed by atoms with E-state index in [0.717, 1.165) is 0 Å². The summed E-state index contributed by atoms with van der Waals surface area (Å²) in [7, 11) is 0. The number of hydrogen-bond acceptors (Lipinski definition) is 1. The Kier molecular flexibility index (Phi) is 143. The molecule has 0 aliphatic rings. The fourth-order valence-electron chi connectivity index (χ4n) is 0. The van der Waals surface area contributed by atoms with Gasteiger partial charge in [-0.15, -0.1) is 0 Å². The minimum absolute atomic E-state index is 0. The molecule has 0 atom stereocenters. The first-order valence-electron chi connectivity index (χ1n) is 0.651. The second-order valence-corrected chi connectivity index (χ2v) is 0.283. The Morgan fingerprint density at radius 3 is 1.00 bits per heavy atom. The maximum absolute atomic E-state index is 8.56. The number of carboxylic acid groups (broad SMARTS) is 2. The molecular weight excluding hydrogens is 131 g/mol. The van der Waals surface area contributed by atoms with E-state index in [4.69, 9.17) is 15.0 Å². The summed E-state index contributed by atoms with van der Waals surface area (Å²) >= 11 is 0. The quantitative estimate of drug-likeness (QED) is 0.347. The van der Waals surface area contributed by atoms with E-state index in [1.54, 1.807) is 0 Å². The van der Waals surface area contributed by atoms with Crippen LogP contribution in [0.3, 0.4) is 0 Å². The molecule has 6 nitrogen and oxygen atoms in total. The third kappa shape index (κ3) is 7250. The van der Waals surface area contributed by atoms with Crippen LogP contribution in [-0.4, -0.2) is 62.4 Å². The summed E-state index contributed by atoms with van der Waals surface area (Å²) in [6, 6.07) is 0. The Bertz CT molecular complexity index is 31.5. The van der Waals surface area contributed by atoms with Gasteiger partial charge in [0.15, 0.2) is 0 Å². The fourth-order valence-corrected chi connectivity index (χ4v) is 0. The van der Waals surface area contributed by atoms with Crippen LogP contribution in [0.15, 0.2) is 0 Å². The fraction of sp³-hybridized carbons (Fsp3) is 0. The standard InChI is InChI=1S/CH2O3.Na.3H2O.H/c2-1(3)4;;;;;/h(H2,2,3,4);;3*1H2;. The molecule has 8 N–H and O–H groups in total. The molecule has 0 unspecified atom stereocenters. The first-order chi connectivity index (χ1) is 1.73. The van der Waals surface area contributed by atoms with E-state index in [2.05, 4.69) is 0 Å². The Hall–Kier alpha value is 0.150. The molecule has 0 aromatic carbocycles. The van der Waals surface area contributed by atoms with Crippen LogP contribution in [0.4, 0.5) is 4.79 Å². The van der Waals surface area contributed by atoms with Crippen LogP contribution in [0.2, 0.25) is 0 Å². The summed E-state index contributed by atoms with van der Waals surface area (Å²) in [5.74, 6) is 0. The third-order valence-electron chi connectivity index (χ3n) is 0. The second kappa shape index (κ2) is 27.3. The topological polar surface area (TPSA) is 152 Å². The molecule has 0 amide bonds. The molecule has 0 spiro atoms. The number of hydrogen-bond donors (Lipinski definition) is 2. The summed E-state index contributed by atoms with van der Waals surface area (Å²) in [5, 5.41) is 13.9. The Labute approximate surface area is 67.3 Å². The molecule has 0 aromatic heterocycles. The van der Waals surface area contributed by atoms with Crippen molar-refractivity contribution in [3.05, 3.63) is 0 Å². The van der Waals surface area contributed by atoms with Crippen LogP contribution in [0.25, 0.3) is 0 Å². The molecule has 0 aromatic rings. The Morgan fingerprint density at radius 2 is 1.00 bits per heavy atom. The summed E-state index contributed by atoms with van der Waals surface area (Å²) in [6.45, 7) is 0. The van der Waals surface area contributed by atoms with Gasteiger partial charge in [0.2, 0.25) is 0 Å². The summed E-state index contributed by atoms with van der Waals surface area (Å²) in [6.07, 6.45) is -1.83. The van der Waals surface area contributed by atoms with Crippen molar-refractivity contribution in [2.45, 2.75) is 0 Å². The maximum atomic E-state index is 8.56. The van der Waals surface area contributed by atoms with Crippen molar-refractivity contribution >= 4 is 35.7 Å². The van der Waals surface area contributed by atoms with Gasteiger partial charge in [-0.25, -0.2) is 4.79 Å². The minimum atomic E-state index is -1.83. The molecule has 0 aliphatic heterocycles. The van der Waals surface area contributed by atoms with Crippen molar-refractivity contribution in [1.29, 1.82) is 0 Å². The van der Waals surface area contributed by atoms with Gasteiger partial charge in [0.25, 0.3) is 0 Å². The zero-order valence-corrected chi connectivity index (χ0v) is 3.30. The molecule has 0 aliphatic carbocycles. The summed E-state index contributed by atoms with van der Waals surface area (Å²) in [5.41, 5.74) is 0. The van der Waals surface area contributed by atoms with Gasteiger partial charge in [0, 0.05) is 0 Å². The van der Waals surface area contributed by atoms with E-state index in [9.17, 15) is 0 Å². The molecule has 0 heterocycles. The first-order valence-corrected chi connectivity index (χ1v) is 0.651. The van der Waals surface area contributed by atoms with Crippen LogP contribution in [0.1, 0.15) is 0 Å². The molecule has 0 saturated carbocycles. The van der Waals surface area contributed by atoms with Gasteiger partial charge in [0.1, 0.15) is 0 Å². The van der Waals surface area contributed by atoms with Crippen LogP contribution in [0, 0.1) is 0 Å². The van der Waals surface area contributed by atoms with Gasteiger partial charge in [-0.05, 0) is 0 Å². The molecule has 7 heteroatoms. The van der Waals surface area contributed by atoms with Gasteiger partial charge in [-0.2, -0.15) is 0 Å². The van der Waals surface area contributed by atoms with E-state index in [1.165, 1.54) is 0 Å². The zero-order valence-electron chi connectivity index (χ0n) is 3.30. The monoisotopic (exact) mass is 140 g/mol. The van der Waals surface area contributed by atoms with Gasteiger partial charge >= 0.3 is 35.7 Å². The van der Waals surface area contributed by atoms with E-state index in [0.29, 0.717) is 0 Å². The van der Waals surface area contributed by atoms with Crippen LogP contribution < -0.4 is 0 Å². The predicted molar refractivity (Wildman–Crippen MR) is 28.6 cm³/mol. The Balaban J connectivity index is -0.00000000750. The average molecular weight is 140 g/mol. The van der Waals surface area contributed by atoms with Gasteiger partial charge in [-0.3, -0.25) is 0 Å². The third-order valence-corrected chi connectivity index (χ3v) is 0. The van der Waals surface area contributed by atoms with E-state index in [1.807, 2.05) is 0 Å². The summed E-state index contributed by atoms with van der Waals surface area (Å²) < 4.78 is 0. The van der Waals surface area contributed by atoms with Gasteiger partial charge < -0.3 is 26.6 Å². The SMILES string of the molecule is O.O.O.O=C(O)O.[NaH]. The van der Waals surface area contributed by atoms with E-state index < -0.39 is 6.16 Å².